The number of ketones is 1. The number of benzene rings is 1. The van der Waals surface area contributed by atoms with Gasteiger partial charge in [-0.05, 0) is 24.8 Å². The van der Waals surface area contributed by atoms with Gasteiger partial charge >= 0.3 is 5.97 Å². The average Bonchev–Trinajstić information content (AvgIpc) is 2.72. The van der Waals surface area contributed by atoms with Crippen molar-refractivity contribution in [1.29, 1.82) is 0 Å². The molecule has 2 atom stereocenters. The summed E-state index contributed by atoms with van der Waals surface area (Å²) in [6.45, 7) is 6.95. The first-order valence-corrected chi connectivity index (χ1v) is 10.7. The van der Waals surface area contributed by atoms with Gasteiger partial charge in [0.2, 0.25) is 0 Å². The van der Waals surface area contributed by atoms with E-state index in [2.05, 4.69) is 13.8 Å². The van der Waals surface area contributed by atoms with Crippen LogP contribution in [0.3, 0.4) is 0 Å². The number of carbonyl (C=O) groups is 2. The van der Waals surface area contributed by atoms with Crippen LogP contribution in [-0.2, 0) is 19.1 Å². The predicted octanol–water partition coefficient (Wildman–Crippen LogP) is 3.03. The molecule has 168 valence electrons. The lowest BCUT2D eigenvalue weighted by atomic mass is 9.63. The first kappa shape index (κ1) is 23.2. The Morgan fingerprint density at radius 2 is 1.97 bits per heavy atom. The zero-order chi connectivity index (χ0) is 22.6. The summed E-state index contributed by atoms with van der Waals surface area (Å²) >= 11 is 0. The van der Waals surface area contributed by atoms with E-state index in [4.69, 9.17) is 24.9 Å². The largest absolute Gasteiger partial charge is 0.496 e. The molecular weight excluding hydrogens is 396 g/mol. The molecule has 1 aromatic carbocycles. The second-order valence-electron chi connectivity index (χ2n) is 8.71. The smallest absolute Gasteiger partial charge is 0.336 e. The Morgan fingerprint density at radius 3 is 2.65 bits per heavy atom. The van der Waals surface area contributed by atoms with Crippen molar-refractivity contribution in [1.82, 2.24) is 0 Å². The van der Waals surface area contributed by atoms with E-state index in [-0.39, 0.29) is 24.4 Å². The SMILES string of the molecule is CCOC(=O)C1=C(COCCN)N=C2CC(C)(C)CC(=O)C2C1c1ccccc1OC. The van der Waals surface area contributed by atoms with Crippen LogP contribution in [0.15, 0.2) is 40.5 Å². The van der Waals surface area contributed by atoms with E-state index >= 15 is 0 Å². The molecule has 2 unspecified atom stereocenters. The van der Waals surface area contributed by atoms with Crippen LogP contribution in [0, 0.1) is 11.3 Å². The van der Waals surface area contributed by atoms with Gasteiger partial charge in [0.25, 0.3) is 0 Å². The molecule has 0 bridgehead atoms. The number of aliphatic imine (C=N–C) groups is 1. The number of Topliss-reactive ketones (excluding diaryl/α,β-unsaturated/α-hetero) is 1. The molecule has 1 aromatic rings. The minimum Gasteiger partial charge on any atom is -0.496 e. The van der Waals surface area contributed by atoms with Crippen molar-refractivity contribution >= 4 is 17.5 Å². The van der Waals surface area contributed by atoms with Crippen LogP contribution in [0.5, 0.6) is 5.75 Å². The fourth-order valence-corrected chi connectivity index (χ4v) is 4.57. The maximum atomic E-state index is 13.4. The fraction of sp³-hybridized carbons (Fsp3) is 0.542. The van der Waals surface area contributed by atoms with Crippen LogP contribution in [0.1, 0.15) is 45.1 Å². The Morgan fingerprint density at radius 1 is 1.23 bits per heavy atom. The Kier molecular flexibility index (Phi) is 7.28. The molecule has 0 amide bonds. The highest BCUT2D eigenvalue weighted by atomic mass is 16.5. The van der Waals surface area contributed by atoms with E-state index in [1.165, 1.54) is 0 Å². The normalized spacial score (nSPS) is 22.6. The Bertz CT molecular complexity index is 903. The van der Waals surface area contributed by atoms with Crippen molar-refractivity contribution in [3.8, 4) is 5.75 Å². The number of hydrogen-bond donors (Lipinski definition) is 1. The monoisotopic (exact) mass is 428 g/mol. The van der Waals surface area contributed by atoms with E-state index in [1.807, 2.05) is 24.3 Å². The Hall–Kier alpha value is -2.51. The summed E-state index contributed by atoms with van der Waals surface area (Å²) in [6.07, 6.45) is 1.10. The molecule has 31 heavy (non-hydrogen) atoms. The Balaban J connectivity index is 2.22. The molecule has 1 saturated carbocycles. The third kappa shape index (κ3) is 4.88. The first-order valence-electron chi connectivity index (χ1n) is 10.7. The minimum absolute atomic E-state index is 0.0784. The lowest BCUT2D eigenvalue weighted by Gasteiger charge is -2.41. The van der Waals surface area contributed by atoms with Crippen molar-refractivity contribution in [3.05, 3.63) is 41.1 Å². The third-order valence-electron chi connectivity index (χ3n) is 5.72. The standard InChI is InChI=1S/C24H32N2O5/c1-5-31-23(28)22-17(14-30-11-10-25)26-16-12-24(2,3)13-18(27)21(16)20(22)15-8-6-7-9-19(15)29-4/h6-9,20-21H,5,10-14,25H2,1-4H3. The van der Waals surface area contributed by atoms with Gasteiger partial charge in [-0.15, -0.1) is 0 Å². The van der Waals surface area contributed by atoms with Crippen LogP contribution in [0.2, 0.25) is 0 Å². The second kappa shape index (κ2) is 9.75. The Labute approximate surface area is 183 Å². The van der Waals surface area contributed by atoms with Crippen molar-refractivity contribution in [3.63, 3.8) is 0 Å². The number of ether oxygens (including phenoxy) is 3. The van der Waals surface area contributed by atoms with Crippen molar-refractivity contribution < 1.29 is 23.8 Å². The lowest BCUT2D eigenvalue weighted by molar-refractivity contribution is -0.139. The number of carbonyl (C=O) groups excluding carboxylic acids is 2. The number of para-hydroxylation sites is 1. The number of esters is 1. The number of nitrogens with two attached hydrogens (primary N) is 1. The summed E-state index contributed by atoms with van der Waals surface area (Å²) in [7, 11) is 1.58. The average molecular weight is 429 g/mol. The third-order valence-corrected chi connectivity index (χ3v) is 5.72. The fourth-order valence-electron chi connectivity index (χ4n) is 4.57. The molecule has 1 fully saturated rings. The second-order valence-corrected chi connectivity index (χ2v) is 8.71. The van der Waals surface area contributed by atoms with E-state index in [0.717, 1.165) is 11.3 Å². The first-order chi connectivity index (χ1) is 14.8. The molecule has 3 rings (SSSR count). The van der Waals surface area contributed by atoms with Gasteiger partial charge in [-0.2, -0.15) is 0 Å². The highest BCUT2D eigenvalue weighted by Gasteiger charge is 2.48. The number of nitrogens with zero attached hydrogens (tertiary/aromatic N) is 1. The van der Waals surface area contributed by atoms with Crippen LogP contribution in [0.4, 0.5) is 0 Å². The topological polar surface area (TPSA) is 100 Å². The van der Waals surface area contributed by atoms with Gasteiger partial charge in [0.1, 0.15) is 11.5 Å². The minimum atomic E-state index is -0.539. The highest BCUT2D eigenvalue weighted by molar-refractivity contribution is 6.12. The summed E-state index contributed by atoms with van der Waals surface area (Å²) in [5, 5.41) is 0. The molecule has 1 aliphatic heterocycles. The molecule has 0 aromatic heterocycles. The lowest BCUT2D eigenvalue weighted by Crippen LogP contribution is -2.44. The van der Waals surface area contributed by atoms with E-state index in [0.29, 0.717) is 43.0 Å². The van der Waals surface area contributed by atoms with Gasteiger partial charge < -0.3 is 19.9 Å². The summed E-state index contributed by atoms with van der Waals surface area (Å²) in [6, 6.07) is 7.49. The number of fused-ring (bicyclic) bond motifs is 1. The maximum absolute atomic E-state index is 13.4. The highest BCUT2D eigenvalue weighted by Crippen LogP contribution is 2.48. The molecule has 7 nitrogen and oxygen atoms in total. The van der Waals surface area contributed by atoms with Gasteiger partial charge in [-0.1, -0.05) is 32.0 Å². The van der Waals surface area contributed by atoms with Gasteiger partial charge in [0.15, 0.2) is 0 Å². The van der Waals surface area contributed by atoms with Gasteiger partial charge in [-0.25, -0.2) is 4.79 Å². The molecule has 0 radical (unpaired) electrons. The molecule has 1 aliphatic carbocycles. The van der Waals surface area contributed by atoms with E-state index < -0.39 is 17.8 Å². The van der Waals surface area contributed by atoms with E-state index in [1.54, 1.807) is 14.0 Å². The van der Waals surface area contributed by atoms with Crippen LogP contribution >= 0.6 is 0 Å². The summed E-state index contributed by atoms with van der Waals surface area (Å²) < 4.78 is 16.7. The summed E-state index contributed by atoms with van der Waals surface area (Å²) in [5.41, 5.74) is 7.81. The molecule has 0 saturated heterocycles. The molecule has 2 N–H and O–H groups in total. The molecule has 1 heterocycles. The summed E-state index contributed by atoms with van der Waals surface area (Å²) in [5.74, 6) is -0.847. The van der Waals surface area contributed by atoms with Crippen molar-refractivity contribution in [2.75, 3.05) is 33.5 Å². The molecule has 7 heteroatoms. The van der Waals surface area contributed by atoms with E-state index in [9.17, 15) is 9.59 Å². The zero-order valence-corrected chi connectivity index (χ0v) is 18.8. The molecule has 2 aliphatic rings. The molecule has 0 spiro atoms. The van der Waals surface area contributed by atoms with Gasteiger partial charge in [0, 0.05) is 30.2 Å². The van der Waals surface area contributed by atoms with Crippen molar-refractivity contribution in [2.45, 2.75) is 39.5 Å². The van der Waals surface area contributed by atoms with Crippen molar-refractivity contribution in [2.24, 2.45) is 22.1 Å². The molecular formula is C24H32N2O5. The van der Waals surface area contributed by atoms with Crippen LogP contribution in [-0.4, -0.2) is 50.9 Å². The maximum Gasteiger partial charge on any atom is 0.336 e. The predicted molar refractivity (Wildman–Crippen MR) is 118 cm³/mol. The van der Waals surface area contributed by atoms with Crippen LogP contribution < -0.4 is 10.5 Å². The number of methoxy groups -OCH3 is 1. The quantitative estimate of drug-likeness (QED) is 0.505. The summed E-state index contributed by atoms with van der Waals surface area (Å²) in [4.78, 5) is 31.3. The number of rotatable bonds is 8. The van der Waals surface area contributed by atoms with Gasteiger partial charge in [0.05, 0.1) is 44.1 Å². The number of hydrogen-bond acceptors (Lipinski definition) is 7. The zero-order valence-electron chi connectivity index (χ0n) is 18.8. The van der Waals surface area contributed by atoms with Crippen LogP contribution in [0.25, 0.3) is 0 Å². The van der Waals surface area contributed by atoms with Gasteiger partial charge in [-0.3, -0.25) is 9.79 Å².